The van der Waals surface area contributed by atoms with Gasteiger partial charge in [-0.3, -0.25) is 9.79 Å². The summed E-state index contributed by atoms with van der Waals surface area (Å²) in [5.74, 6) is 1.52. The summed E-state index contributed by atoms with van der Waals surface area (Å²) >= 11 is 0. The summed E-state index contributed by atoms with van der Waals surface area (Å²) in [4.78, 5) is 17.3. The average Bonchev–Trinajstić information content (AvgIpc) is 3.31. The Hall–Kier alpha value is -1.30. The zero-order valence-electron chi connectivity index (χ0n) is 13.6. The highest BCUT2D eigenvalue weighted by Crippen LogP contribution is 2.28. The van der Waals surface area contributed by atoms with Crippen molar-refractivity contribution in [2.75, 3.05) is 47.5 Å². The van der Waals surface area contributed by atoms with Crippen molar-refractivity contribution in [3.8, 4) is 0 Å². The molecule has 1 aliphatic carbocycles. The molecule has 0 radical (unpaired) electrons. The van der Waals surface area contributed by atoms with Gasteiger partial charge in [0.15, 0.2) is 5.96 Å². The molecular formula is C15H29N3O3. The Balaban J connectivity index is 2.04. The van der Waals surface area contributed by atoms with E-state index in [2.05, 4.69) is 19.9 Å². The normalized spacial score (nSPS) is 14.9. The first-order chi connectivity index (χ1) is 10.2. The van der Waals surface area contributed by atoms with Crippen LogP contribution >= 0.6 is 0 Å². The first-order valence-corrected chi connectivity index (χ1v) is 7.73. The number of unbranched alkanes of at least 4 members (excludes halogenated alkanes) is 1. The Labute approximate surface area is 127 Å². The van der Waals surface area contributed by atoms with Crippen LogP contribution in [0.25, 0.3) is 0 Å². The van der Waals surface area contributed by atoms with Gasteiger partial charge in [0.05, 0.1) is 13.7 Å². The molecule has 122 valence electrons. The van der Waals surface area contributed by atoms with Gasteiger partial charge in [0, 0.05) is 40.2 Å². The molecule has 0 aromatic carbocycles. The molecule has 0 bridgehead atoms. The molecule has 0 amide bonds. The quantitative estimate of drug-likeness (QED) is 0.285. The van der Waals surface area contributed by atoms with Gasteiger partial charge in [-0.1, -0.05) is 0 Å². The molecule has 0 spiro atoms. The predicted molar refractivity (Wildman–Crippen MR) is 83.4 cm³/mol. The van der Waals surface area contributed by atoms with E-state index in [4.69, 9.17) is 4.74 Å². The molecule has 0 heterocycles. The lowest BCUT2D eigenvalue weighted by molar-refractivity contribution is -0.140. The van der Waals surface area contributed by atoms with E-state index in [0.717, 1.165) is 51.0 Å². The van der Waals surface area contributed by atoms with Crippen LogP contribution in [0.3, 0.4) is 0 Å². The number of ether oxygens (including phenoxy) is 2. The largest absolute Gasteiger partial charge is 0.469 e. The molecule has 1 N–H and O–H groups in total. The van der Waals surface area contributed by atoms with E-state index in [-0.39, 0.29) is 5.97 Å². The van der Waals surface area contributed by atoms with E-state index in [9.17, 15) is 4.79 Å². The van der Waals surface area contributed by atoms with Crippen LogP contribution in [0.15, 0.2) is 4.99 Å². The topological polar surface area (TPSA) is 63.2 Å². The van der Waals surface area contributed by atoms with Gasteiger partial charge < -0.3 is 19.7 Å². The van der Waals surface area contributed by atoms with Crippen LogP contribution in [0.2, 0.25) is 0 Å². The third-order valence-electron chi connectivity index (χ3n) is 3.51. The first kappa shape index (κ1) is 17.8. The Morgan fingerprint density at radius 3 is 2.76 bits per heavy atom. The number of hydrogen-bond acceptors (Lipinski definition) is 4. The number of carbonyl (C=O) groups is 1. The smallest absolute Gasteiger partial charge is 0.305 e. The lowest BCUT2D eigenvalue weighted by atomic mass is 10.2. The summed E-state index contributed by atoms with van der Waals surface area (Å²) in [6.45, 7) is 3.26. The van der Waals surface area contributed by atoms with Gasteiger partial charge in [-0.2, -0.15) is 0 Å². The number of nitrogens with one attached hydrogen (secondary N) is 1. The zero-order valence-corrected chi connectivity index (χ0v) is 13.6. The van der Waals surface area contributed by atoms with Crippen molar-refractivity contribution in [1.29, 1.82) is 0 Å². The highest BCUT2D eigenvalue weighted by Gasteiger charge is 2.21. The standard InChI is InChI=1S/C15H29N3O3/c1-16-15(17-9-5-4-6-14(19)20-3)18(2)10-11-21-12-13-7-8-13/h13H,4-12H2,1-3H3,(H,16,17). The summed E-state index contributed by atoms with van der Waals surface area (Å²) in [5.41, 5.74) is 0. The van der Waals surface area contributed by atoms with Gasteiger partial charge in [0.25, 0.3) is 0 Å². The van der Waals surface area contributed by atoms with E-state index < -0.39 is 0 Å². The molecular weight excluding hydrogens is 270 g/mol. The Morgan fingerprint density at radius 1 is 1.38 bits per heavy atom. The SMILES string of the molecule is CN=C(NCCCCC(=O)OC)N(C)CCOCC1CC1. The fourth-order valence-electron chi connectivity index (χ4n) is 1.92. The minimum atomic E-state index is -0.149. The van der Waals surface area contributed by atoms with Crippen LogP contribution in [-0.4, -0.2) is 64.3 Å². The van der Waals surface area contributed by atoms with Gasteiger partial charge in [-0.25, -0.2) is 0 Å². The fourth-order valence-corrected chi connectivity index (χ4v) is 1.92. The summed E-state index contributed by atoms with van der Waals surface area (Å²) in [6.07, 6.45) is 4.86. The van der Waals surface area contributed by atoms with E-state index in [1.165, 1.54) is 20.0 Å². The Kier molecular flexibility index (Phi) is 8.82. The second-order valence-corrected chi connectivity index (χ2v) is 5.45. The van der Waals surface area contributed by atoms with Crippen LogP contribution in [-0.2, 0) is 14.3 Å². The number of likely N-dealkylation sites (N-methyl/N-ethyl adjacent to an activating group) is 1. The number of esters is 1. The third-order valence-corrected chi connectivity index (χ3v) is 3.51. The number of hydrogen-bond donors (Lipinski definition) is 1. The minimum absolute atomic E-state index is 0.149. The summed E-state index contributed by atoms with van der Waals surface area (Å²) in [6, 6.07) is 0. The van der Waals surface area contributed by atoms with Crippen molar-refractivity contribution in [1.82, 2.24) is 10.2 Å². The molecule has 0 unspecified atom stereocenters. The van der Waals surface area contributed by atoms with Crippen molar-refractivity contribution >= 4 is 11.9 Å². The number of aliphatic imine (C=N–C) groups is 1. The number of carbonyl (C=O) groups excluding carboxylic acids is 1. The Morgan fingerprint density at radius 2 is 2.14 bits per heavy atom. The molecule has 21 heavy (non-hydrogen) atoms. The molecule has 1 rings (SSSR count). The summed E-state index contributed by atoms with van der Waals surface area (Å²) < 4.78 is 10.2. The van der Waals surface area contributed by atoms with Crippen molar-refractivity contribution in [2.24, 2.45) is 10.9 Å². The highest BCUT2D eigenvalue weighted by atomic mass is 16.5. The molecule has 0 aliphatic heterocycles. The van der Waals surface area contributed by atoms with Crippen molar-refractivity contribution in [3.05, 3.63) is 0 Å². The number of methoxy groups -OCH3 is 1. The summed E-state index contributed by atoms with van der Waals surface area (Å²) in [7, 11) is 5.20. The molecule has 0 atom stereocenters. The van der Waals surface area contributed by atoms with Gasteiger partial charge in [-0.15, -0.1) is 0 Å². The van der Waals surface area contributed by atoms with Crippen LogP contribution in [0.5, 0.6) is 0 Å². The van der Waals surface area contributed by atoms with Crippen molar-refractivity contribution < 1.29 is 14.3 Å². The Bertz CT molecular complexity index is 330. The van der Waals surface area contributed by atoms with Crippen LogP contribution in [0.4, 0.5) is 0 Å². The van der Waals surface area contributed by atoms with Crippen LogP contribution in [0, 0.1) is 5.92 Å². The number of guanidine groups is 1. The maximum atomic E-state index is 11.0. The van der Waals surface area contributed by atoms with Crippen molar-refractivity contribution in [2.45, 2.75) is 32.1 Å². The van der Waals surface area contributed by atoms with E-state index >= 15 is 0 Å². The molecule has 0 aromatic heterocycles. The lowest BCUT2D eigenvalue weighted by Crippen LogP contribution is -2.41. The summed E-state index contributed by atoms with van der Waals surface area (Å²) in [5, 5.41) is 3.29. The lowest BCUT2D eigenvalue weighted by Gasteiger charge is -2.22. The van der Waals surface area contributed by atoms with Crippen molar-refractivity contribution in [3.63, 3.8) is 0 Å². The number of nitrogens with zero attached hydrogens (tertiary/aromatic N) is 2. The average molecular weight is 299 g/mol. The van der Waals surface area contributed by atoms with Gasteiger partial charge in [0.2, 0.25) is 0 Å². The molecule has 6 heteroatoms. The molecule has 1 saturated carbocycles. The molecule has 0 saturated heterocycles. The van der Waals surface area contributed by atoms with E-state index in [1.54, 1.807) is 7.05 Å². The number of rotatable bonds is 10. The third kappa shape index (κ3) is 8.55. The first-order valence-electron chi connectivity index (χ1n) is 7.73. The monoisotopic (exact) mass is 299 g/mol. The second kappa shape index (κ2) is 10.4. The maximum Gasteiger partial charge on any atom is 0.305 e. The highest BCUT2D eigenvalue weighted by molar-refractivity contribution is 5.79. The fraction of sp³-hybridized carbons (Fsp3) is 0.867. The molecule has 1 aliphatic rings. The maximum absolute atomic E-state index is 11.0. The van der Waals surface area contributed by atoms with Crippen LogP contribution in [0.1, 0.15) is 32.1 Å². The van der Waals surface area contributed by atoms with Gasteiger partial charge in [0.1, 0.15) is 0 Å². The molecule has 0 aromatic rings. The predicted octanol–water partition coefficient (Wildman–Crippen LogP) is 1.26. The van der Waals surface area contributed by atoms with Crippen LogP contribution < -0.4 is 5.32 Å². The van der Waals surface area contributed by atoms with E-state index in [0.29, 0.717) is 6.42 Å². The zero-order chi connectivity index (χ0) is 15.5. The molecule has 6 nitrogen and oxygen atoms in total. The van der Waals surface area contributed by atoms with Gasteiger partial charge >= 0.3 is 5.97 Å². The minimum Gasteiger partial charge on any atom is -0.469 e. The van der Waals surface area contributed by atoms with E-state index in [1.807, 2.05) is 7.05 Å². The van der Waals surface area contributed by atoms with Gasteiger partial charge in [-0.05, 0) is 31.6 Å². The molecule has 1 fully saturated rings. The second-order valence-electron chi connectivity index (χ2n) is 5.45.